The first-order valence-electron chi connectivity index (χ1n) is 4.16. The summed E-state index contributed by atoms with van der Waals surface area (Å²) in [5, 5.41) is 10.7. The van der Waals surface area contributed by atoms with Gasteiger partial charge in [-0.25, -0.2) is 0 Å². The van der Waals surface area contributed by atoms with E-state index in [1.807, 2.05) is 0 Å². The summed E-state index contributed by atoms with van der Waals surface area (Å²) in [6, 6.07) is 8.37. The molecule has 76 valence electrons. The van der Waals surface area contributed by atoms with E-state index in [1.165, 1.54) is 12.3 Å². The van der Waals surface area contributed by atoms with Crippen molar-refractivity contribution in [3.05, 3.63) is 51.2 Å². The minimum Gasteiger partial charge on any atom is -0.464 e. The van der Waals surface area contributed by atoms with Crippen molar-refractivity contribution < 1.29 is 9.34 Å². The molecule has 0 atom stereocenters. The maximum Gasteiger partial charge on any atom is 0.284 e. The van der Waals surface area contributed by atoms with E-state index < -0.39 is 4.92 Å². The number of furan rings is 1. The van der Waals surface area contributed by atoms with Gasteiger partial charge in [-0.15, -0.1) is 0 Å². The molecule has 0 saturated heterocycles. The second-order valence-corrected chi connectivity index (χ2v) is 3.75. The molecule has 0 saturated carbocycles. The average molecular weight is 268 g/mol. The highest BCUT2D eigenvalue weighted by Crippen LogP contribution is 2.30. The summed E-state index contributed by atoms with van der Waals surface area (Å²) >= 11 is 3.12. The number of hydrogen-bond acceptors (Lipinski definition) is 3. The Labute approximate surface area is 93.8 Å². The van der Waals surface area contributed by atoms with E-state index in [4.69, 9.17) is 4.42 Å². The second kappa shape index (κ2) is 3.86. The molecular formula is C10H6BrNO3. The van der Waals surface area contributed by atoms with Crippen LogP contribution in [0.3, 0.4) is 0 Å². The van der Waals surface area contributed by atoms with E-state index in [-0.39, 0.29) is 5.69 Å². The van der Waals surface area contributed by atoms with Crippen molar-refractivity contribution in [2.45, 2.75) is 0 Å². The van der Waals surface area contributed by atoms with Gasteiger partial charge in [-0.05, 0) is 40.2 Å². The third-order valence-electron chi connectivity index (χ3n) is 1.95. The molecule has 5 heteroatoms. The van der Waals surface area contributed by atoms with Crippen LogP contribution in [0.5, 0.6) is 0 Å². The monoisotopic (exact) mass is 267 g/mol. The van der Waals surface area contributed by atoms with Crippen LogP contribution in [0, 0.1) is 10.1 Å². The summed E-state index contributed by atoms with van der Waals surface area (Å²) < 4.78 is 5.62. The second-order valence-electron chi connectivity index (χ2n) is 2.90. The molecule has 0 aliphatic rings. The molecule has 0 N–H and O–H groups in total. The minimum absolute atomic E-state index is 0.0314. The lowest BCUT2D eigenvalue weighted by atomic mass is 10.1. The van der Waals surface area contributed by atoms with Crippen LogP contribution < -0.4 is 0 Å². The molecule has 0 aliphatic heterocycles. The molecule has 15 heavy (non-hydrogen) atoms. The maximum absolute atomic E-state index is 10.7. The number of rotatable bonds is 2. The smallest absolute Gasteiger partial charge is 0.284 e. The van der Waals surface area contributed by atoms with Gasteiger partial charge in [0, 0.05) is 11.6 Å². The zero-order valence-corrected chi connectivity index (χ0v) is 9.10. The van der Waals surface area contributed by atoms with Crippen LogP contribution in [0.1, 0.15) is 0 Å². The molecule has 0 bridgehead atoms. The van der Waals surface area contributed by atoms with Gasteiger partial charge in [-0.1, -0.05) is 0 Å². The van der Waals surface area contributed by atoms with Crippen molar-refractivity contribution in [3.8, 4) is 11.3 Å². The first-order chi connectivity index (χ1) is 7.18. The fourth-order valence-corrected chi connectivity index (χ4v) is 1.64. The van der Waals surface area contributed by atoms with Crippen LogP contribution in [-0.2, 0) is 0 Å². The van der Waals surface area contributed by atoms with E-state index >= 15 is 0 Å². The Balaban J connectivity index is 2.52. The van der Waals surface area contributed by atoms with Gasteiger partial charge in [-0.3, -0.25) is 10.1 Å². The highest BCUT2D eigenvalue weighted by Gasteiger charge is 2.13. The number of nitrogens with zero attached hydrogens (tertiary/aromatic N) is 1. The van der Waals surface area contributed by atoms with Gasteiger partial charge in [0.15, 0.2) is 0 Å². The molecule has 2 aromatic rings. The van der Waals surface area contributed by atoms with Crippen LogP contribution in [0.25, 0.3) is 11.3 Å². The minimum atomic E-state index is -0.434. The van der Waals surface area contributed by atoms with Crippen LogP contribution in [0.2, 0.25) is 0 Å². The highest BCUT2D eigenvalue weighted by atomic mass is 79.9. The SMILES string of the molecule is O=[N+]([O-])c1cc(-c2ccco2)ccc1Br. The van der Waals surface area contributed by atoms with Crippen LogP contribution in [0.15, 0.2) is 45.5 Å². The molecule has 0 amide bonds. The van der Waals surface area contributed by atoms with Gasteiger partial charge in [0.1, 0.15) is 5.76 Å². The fraction of sp³-hybridized carbons (Fsp3) is 0. The van der Waals surface area contributed by atoms with Gasteiger partial charge >= 0.3 is 0 Å². The predicted octanol–water partition coefficient (Wildman–Crippen LogP) is 3.62. The predicted molar refractivity (Wildman–Crippen MR) is 58.5 cm³/mol. The Kier molecular flexibility index (Phi) is 2.55. The van der Waals surface area contributed by atoms with E-state index in [0.29, 0.717) is 15.8 Å². The summed E-state index contributed by atoms with van der Waals surface area (Å²) in [6.45, 7) is 0. The third-order valence-corrected chi connectivity index (χ3v) is 2.62. The van der Waals surface area contributed by atoms with E-state index in [9.17, 15) is 10.1 Å². The van der Waals surface area contributed by atoms with Crippen LogP contribution in [0.4, 0.5) is 5.69 Å². The molecule has 0 radical (unpaired) electrons. The van der Waals surface area contributed by atoms with Crippen molar-refractivity contribution in [3.63, 3.8) is 0 Å². The summed E-state index contributed by atoms with van der Waals surface area (Å²) in [7, 11) is 0. The van der Waals surface area contributed by atoms with Gasteiger partial charge in [0.2, 0.25) is 0 Å². The number of nitro benzene ring substituents is 1. The first-order valence-corrected chi connectivity index (χ1v) is 4.95. The zero-order chi connectivity index (χ0) is 10.8. The lowest BCUT2D eigenvalue weighted by molar-refractivity contribution is -0.385. The van der Waals surface area contributed by atoms with Crippen molar-refractivity contribution in [1.82, 2.24) is 0 Å². The number of hydrogen-bond donors (Lipinski definition) is 0. The van der Waals surface area contributed by atoms with Crippen LogP contribution in [-0.4, -0.2) is 4.92 Å². The number of benzene rings is 1. The molecule has 0 fully saturated rings. The van der Waals surface area contributed by atoms with Gasteiger partial charge in [0.25, 0.3) is 5.69 Å². The molecule has 0 unspecified atom stereocenters. The fourth-order valence-electron chi connectivity index (χ4n) is 1.25. The summed E-state index contributed by atoms with van der Waals surface area (Å²) in [5.74, 6) is 0.616. The zero-order valence-electron chi connectivity index (χ0n) is 7.51. The Morgan fingerprint density at radius 2 is 2.13 bits per heavy atom. The Morgan fingerprint density at radius 3 is 2.73 bits per heavy atom. The van der Waals surface area contributed by atoms with Crippen molar-refractivity contribution in [1.29, 1.82) is 0 Å². The van der Waals surface area contributed by atoms with Crippen molar-refractivity contribution in [2.24, 2.45) is 0 Å². The Morgan fingerprint density at radius 1 is 1.33 bits per heavy atom. The lowest BCUT2D eigenvalue weighted by Crippen LogP contribution is -1.89. The van der Waals surface area contributed by atoms with Gasteiger partial charge < -0.3 is 4.42 Å². The summed E-state index contributed by atoms with van der Waals surface area (Å²) in [4.78, 5) is 10.3. The molecule has 0 aliphatic carbocycles. The van der Waals surface area contributed by atoms with Gasteiger partial charge in [-0.2, -0.15) is 0 Å². The van der Waals surface area contributed by atoms with Crippen LogP contribution >= 0.6 is 15.9 Å². The Bertz CT molecular complexity index is 493. The lowest BCUT2D eigenvalue weighted by Gasteiger charge is -1.98. The number of nitro groups is 1. The summed E-state index contributed by atoms with van der Waals surface area (Å²) in [6.07, 6.45) is 1.53. The van der Waals surface area contributed by atoms with E-state index in [1.54, 1.807) is 24.3 Å². The van der Waals surface area contributed by atoms with Gasteiger partial charge in [0.05, 0.1) is 15.7 Å². The van der Waals surface area contributed by atoms with E-state index in [2.05, 4.69) is 15.9 Å². The molecular weight excluding hydrogens is 262 g/mol. The maximum atomic E-state index is 10.7. The standard InChI is InChI=1S/C10H6BrNO3/c11-8-4-3-7(6-9(8)12(13)14)10-2-1-5-15-10/h1-6H. The molecule has 0 spiro atoms. The molecule has 4 nitrogen and oxygen atoms in total. The third kappa shape index (κ3) is 1.92. The van der Waals surface area contributed by atoms with Crippen molar-refractivity contribution >= 4 is 21.6 Å². The molecule has 2 rings (SSSR count). The average Bonchev–Trinajstić information content (AvgIpc) is 2.71. The summed E-state index contributed by atoms with van der Waals surface area (Å²) in [5.41, 5.74) is 0.721. The molecule has 1 aromatic carbocycles. The molecule has 1 aromatic heterocycles. The highest BCUT2D eigenvalue weighted by molar-refractivity contribution is 9.10. The first kappa shape index (κ1) is 9.92. The molecule has 1 heterocycles. The van der Waals surface area contributed by atoms with E-state index in [0.717, 1.165) is 0 Å². The normalized spacial score (nSPS) is 10.2. The quantitative estimate of drug-likeness (QED) is 0.617. The topological polar surface area (TPSA) is 56.3 Å². The largest absolute Gasteiger partial charge is 0.464 e. The number of halogens is 1. The Hall–Kier alpha value is -1.62. The van der Waals surface area contributed by atoms with Crippen molar-refractivity contribution in [2.75, 3.05) is 0 Å².